The lowest BCUT2D eigenvalue weighted by Crippen LogP contribution is -2.59. The van der Waals surface area contributed by atoms with E-state index in [1.54, 1.807) is 25.7 Å². The molecule has 3 saturated carbocycles. The van der Waals surface area contributed by atoms with Crippen molar-refractivity contribution in [3.63, 3.8) is 0 Å². The molecule has 0 aromatic carbocycles. The van der Waals surface area contributed by atoms with Gasteiger partial charge in [0.05, 0.1) is 6.04 Å². The summed E-state index contributed by atoms with van der Waals surface area (Å²) in [6.07, 6.45) is 6.29. The second-order valence-electron chi connectivity index (χ2n) is 13.4. The first kappa shape index (κ1) is 28.4. The van der Waals surface area contributed by atoms with Crippen molar-refractivity contribution in [3.8, 4) is 0 Å². The number of nitrogens with two attached hydrogens (primary N) is 1. The van der Waals surface area contributed by atoms with Crippen molar-refractivity contribution in [2.75, 3.05) is 6.54 Å². The molecule has 10 nitrogen and oxygen atoms in total. The van der Waals surface area contributed by atoms with E-state index >= 15 is 0 Å². The molecule has 1 heterocycles. The predicted molar refractivity (Wildman–Crippen MR) is 139 cm³/mol. The lowest BCUT2D eigenvalue weighted by atomic mass is 9.83. The van der Waals surface area contributed by atoms with Gasteiger partial charge in [0, 0.05) is 6.54 Å². The monoisotopic (exact) mass is 532 g/mol. The molecule has 4 amide bonds. The van der Waals surface area contributed by atoms with E-state index in [2.05, 4.69) is 24.5 Å². The number of amides is 4. The van der Waals surface area contributed by atoms with Crippen LogP contribution >= 0.6 is 0 Å². The molecule has 3 aliphatic carbocycles. The highest BCUT2D eigenvalue weighted by Crippen LogP contribution is 2.65. The zero-order valence-electron chi connectivity index (χ0n) is 23.4. The number of likely N-dealkylation sites (tertiary alicyclic amines) is 1. The van der Waals surface area contributed by atoms with E-state index in [1.165, 1.54) is 0 Å². The minimum absolute atomic E-state index is 0.0449. The molecule has 0 bridgehead atoms. The van der Waals surface area contributed by atoms with Crippen LogP contribution in [0, 0.1) is 29.1 Å². The molecular formula is C28H44N4O6. The van der Waals surface area contributed by atoms with Crippen molar-refractivity contribution in [1.82, 2.24) is 15.5 Å². The Morgan fingerprint density at radius 1 is 1.00 bits per heavy atom. The van der Waals surface area contributed by atoms with Gasteiger partial charge >= 0.3 is 6.09 Å². The van der Waals surface area contributed by atoms with Gasteiger partial charge in [-0.3, -0.25) is 19.2 Å². The Morgan fingerprint density at radius 3 is 2.18 bits per heavy atom. The molecule has 5 atom stereocenters. The number of Topliss-reactive ketones (excluding diaryl/α,β-unsaturated/α-hetero) is 1. The summed E-state index contributed by atoms with van der Waals surface area (Å²) in [6, 6.07) is -2.56. The number of hydrogen-bond donors (Lipinski definition) is 3. The van der Waals surface area contributed by atoms with E-state index in [0.29, 0.717) is 13.0 Å². The summed E-state index contributed by atoms with van der Waals surface area (Å²) in [7, 11) is 0. The zero-order chi connectivity index (χ0) is 28.0. The maximum absolute atomic E-state index is 14.1. The molecule has 3 unspecified atom stereocenters. The van der Waals surface area contributed by atoms with E-state index in [9.17, 15) is 24.0 Å². The van der Waals surface area contributed by atoms with Crippen LogP contribution in [0.25, 0.3) is 0 Å². The fourth-order valence-electron chi connectivity index (χ4n) is 6.62. The Hall–Kier alpha value is -2.65. The van der Waals surface area contributed by atoms with Crippen LogP contribution in [-0.4, -0.2) is 64.8 Å². The van der Waals surface area contributed by atoms with Crippen molar-refractivity contribution in [2.24, 2.45) is 34.8 Å². The minimum atomic E-state index is -1.07. The largest absolute Gasteiger partial charge is 0.444 e. The zero-order valence-corrected chi connectivity index (χ0v) is 23.4. The second kappa shape index (κ2) is 10.5. The van der Waals surface area contributed by atoms with Gasteiger partial charge in [-0.1, -0.05) is 46.0 Å². The molecule has 0 aromatic rings. The molecule has 212 valence electrons. The average Bonchev–Trinajstić information content (AvgIpc) is 3.68. The number of hydrogen-bond acceptors (Lipinski definition) is 6. The van der Waals surface area contributed by atoms with Crippen molar-refractivity contribution >= 4 is 29.6 Å². The first-order valence-electron chi connectivity index (χ1n) is 14.1. The van der Waals surface area contributed by atoms with E-state index in [4.69, 9.17) is 10.5 Å². The Bertz CT molecular complexity index is 978. The summed E-state index contributed by atoms with van der Waals surface area (Å²) >= 11 is 0. The summed E-state index contributed by atoms with van der Waals surface area (Å²) in [5.41, 5.74) is 4.43. The number of carbonyl (C=O) groups excluding carboxylic acids is 5. The first-order chi connectivity index (χ1) is 17.7. The molecule has 1 aliphatic heterocycles. The van der Waals surface area contributed by atoms with Crippen LogP contribution in [0.2, 0.25) is 0 Å². The standard InChI is InChI=1S/C28H44N4O6/c1-27(2,3)38-26(37)31-20(16-9-7-6-8-10-16)25(36)32-14-17-19(28(17,4)5)21(32)24(35)30-18(13-15-11-12-15)22(33)23(29)34/h15-21H,6-14H2,1-5H3,(H2,29,34)(H,30,35)(H,31,37)/t17?,18?,19?,20-,21-/m0/s1. The van der Waals surface area contributed by atoms with Gasteiger partial charge < -0.3 is 26.0 Å². The van der Waals surface area contributed by atoms with E-state index < -0.39 is 47.4 Å². The molecule has 4 fully saturated rings. The number of piperidine rings is 1. The normalized spacial score (nSPS) is 28.0. The third-order valence-electron chi connectivity index (χ3n) is 8.96. The fraction of sp³-hybridized carbons (Fsp3) is 0.821. The molecule has 0 spiro atoms. The van der Waals surface area contributed by atoms with Crippen LogP contribution in [0.3, 0.4) is 0 Å². The van der Waals surface area contributed by atoms with Crippen molar-refractivity contribution in [2.45, 2.75) is 110 Å². The van der Waals surface area contributed by atoms with Crippen molar-refractivity contribution < 1.29 is 28.7 Å². The molecule has 0 aromatic heterocycles. The number of fused-ring (bicyclic) bond motifs is 1. The second-order valence-corrected chi connectivity index (χ2v) is 13.4. The van der Waals surface area contributed by atoms with Gasteiger partial charge in [-0.05, 0) is 69.1 Å². The van der Waals surface area contributed by atoms with E-state index in [0.717, 1.165) is 44.9 Å². The average molecular weight is 533 g/mol. The summed E-state index contributed by atoms with van der Waals surface area (Å²) in [5.74, 6) is -2.28. The van der Waals surface area contributed by atoms with Crippen LogP contribution < -0.4 is 16.4 Å². The van der Waals surface area contributed by atoms with Crippen LogP contribution in [0.15, 0.2) is 0 Å². The van der Waals surface area contributed by atoms with Crippen LogP contribution in [0.4, 0.5) is 4.79 Å². The smallest absolute Gasteiger partial charge is 0.408 e. The molecule has 10 heteroatoms. The summed E-state index contributed by atoms with van der Waals surface area (Å²) in [5, 5.41) is 5.62. The number of nitrogens with one attached hydrogen (secondary N) is 2. The van der Waals surface area contributed by atoms with E-state index in [-0.39, 0.29) is 35.0 Å². The number of primary amides is 1. The van der Waals surface area contributed by atoms with E-state index in [1.807, 2.05) is 0 Å². The number of nitrogens with zero attached hydrogens (tertiary/aromatic N) is 1. The maximum Gasteiger partial charge on any atom is 0.408 e. The number of ether oxygens (including phenoxy) is 1. The SMILES string of the molecule is CC(C)(C)OC(=O)N[C@H](C(=O)N1CC2C([C@H]1C(=O)NC(CC1CC1)C(=O)C(N)=O)C2(C)C)C1CCCCC1. The third-order valence-corrected chi connectivity index (χ3v) is 8.96. The molecule has 1 saturated heterocycles. The summed E-state index contributed by atoms with van der Waals surface area (Å²) in [4.78, 5) is 66.3. The van der Waals surface area contributed by atoms with Gasteiger partial charge in [0.25, 0.3) is 5.91 Å². The van der Waals surface area contributed by atoms with Gasteiger partial charge in [0.15, 0.2) is 0 Å². The molecular weight excluding hydrogens is 488 g/mol. The molecule has 4 rings (SSSR count). The molecule has 38 heavy (non-hydrogen) atoms. The number of carbonyl (C=O) groups is 5. The Morgan fingerprint density at radius 2 is 1.63 bits per heavy atom. The Kier molecular flexibility index (Phi) is 7.83. The van der Waals surface area contributed by atoms with Gasteiger partial charge in [-0.15, -0.1) is 0 Å². The van der Waals surface area contributed by atoms with Gasteiger partial charge in [-0.2, -0.15) is 0 Å². The summed E-state index contributed by atoms with van der Waals surface area (Å²) < 4.78 is 5.47. The first-order valence-corrected chi connectivity index (χ1v) is 14.1. The number of ketones is 1. The van der Waals surface area contributed by atoms with Gasteiger partial charge in [-0.25, -0.2) is 4.79 Å². The molecule has 0 radical (unpaired) electrons. The van der Waals surface area contributed by atoms with Crippen LogP contribution in [-0.2, 0) is 23.9 Å². The fourth-order valence-corrected chi connectivity index (χ4v) is 6.62. The molecule has 4 N–H and O–H groups in total. The minimum Gasteiger partial charge on any atom is -0.444 e. The van der Waals surface area contributed by atoms with Crippen molar-refractivity contribution in [1.29, 1.82) is 0 Å². The predicted octanol–water partition coefficient (Wildman–Crippen LogP) is 2.28. The Balaban J connectivity index is 1.55. The highest BCUT2D eigenvalue weighted by atomic mass is 16.6. The lowest BCUT2D eigenvalue weighted by Gasteiger charge is -2.37. The third kappa shape index (κ3) is 6.15. The highest BCUT2D eigenvalue weighted by Gasteiger charge is 2.69. The quantitative estimate of drug-likeness (QED) is 0.388. The van der Waals surface area contributed by atoms with Crippen LogP contribution in [0.5, 0.6) is 0 Å². The Labute approximate surface area is 225 Å². The maximum atomic E-state index is 14.1. The number of alkyl carbamates (subject to hydrolysis) is 1. The van der Waals surface area contributed by atoms with Crippen molar-refractivity contribution in [3.05, 3.63) is 0 Å². The highest BCUT2D eigenvalue weighted by molar-refractivity contribution is 6.37. The summed E-state index contributed by atoms with van der Waals surface area (Å²) in [6.45, 7) is 9.88. The number of rotatable bonds is 9. The lowest BCUT2D eigenvalue weighted by molar-refractivity contribution is -0.144. The van der Waals surface area contributed by atoms with Gasteiger partial charge in [0.1, 0.15) is 17.7 Å². The van der Waals surface area contributed by atoms with Crippen LogP contribution in [0.1, 0.15) is 86.0 Å². The molecule has 4 aliphatic rings. The van der Waals surface area contributed by atoms with Gasteiger partial charge in [0.2, 0.25) is 17.6 Å². The topological polar surface area (TPSA) is 148 Å².